The van der Waals surface area contributed by atoms with Crippen molar-refractivity contribution < 1.29 is 19.0 Å². The maximum atomic E-state index is 12.2. The summed E-state index contributed by atoms with van der Waals surface area (Å²) in [7, 11) is 0. The number of ether oxygens (including phenoxy) is 3. The van der Waals surface area contributed by atoms with Gasteiger partial charge in [-0.1, -0.05) is 15.9 Å². The number of hydrogen-bond acceptors (Lipinski definition) is 5. The zero-order chi connectivity index (χ0) is 17.3. The van der Waals surface area contributed by atoms with Gasteiger partial charge in [-0.2, -0.15) is 0 Å². The third-order valence-electron chi connectivity index (χ3n) is 4.23. The minimum absolute atomic E-state index is 0.167. The summed E-state index contributed by atoms with van der Waals surface area (Å²) in [5.74, 6) is 1.76. The van der Waals surface area contributed by atoms with E-state index in [1.165, 1.54) is 0 Å². The van der Waals surface area contributed by atoms with Gasteiger partial charge in [-0.15, -0.1) is 0 Å². The van der Waals surface area contributed by atoms with Crippen molar-refractivity contribution in [2.75, 3.05) is 39.4 Å². The molecule has 6 nitrogen and oxygen atoms in total. The summed E-state index contributed by atoms with van der Waals surface area (Å²) in [6.45, 7) is 9.78. The smallest absolute Gasteiger partial charge is 0.410 e. The van der Waals surface area contributed by atoms with Gasteiger partial charge < -0.3 is 19.1 Å². The Morgan fingerprint density at radius 3 is 2.54 bits per heavy atom. The molecule has 2 heterocycles. The van der Waals surface area contributed by atoms with Crippen LogP contribution in [0.15, 0.2) is 22.1 Å². The summed E-state index contributed by atoms with van der Waals surface area (Å²) in [5, 5.41) is 0. The average Bonchev–Trinajstić information content (AvgIpc) is 2.52. The van der Waals surface area contributed by atoms with E-state index in [1.807, 2.05) is 26.8 Å². The fourth-order valence-electron chi connectivity index (χ4n) is 3.13. The second-order valence-electron chi connectivity index (χ2n) is 7.24. The highest BCUT2D eigenvalue weighted by Gasteiger charge is 2.35. The van der Waals surface area contributed by atoms with Gasteiger partial charge in [0, 0.05) is 37.1 Å². The molecule has 0 spiro atoms. The number of allylic oxidation sites excluding steroid dienone is 1. The predicted molar refractivity (Wildman–Crippen MR) is 93.7 cm³/mol. The van der Waals surface area contributed by atoms with Crippen LogP contribution in [0, 0.1) is 0 Å². The molecule has 1 aliphatic carbocycles. The van der Waals surface area contributed by atoms with E-state index in [1.54, 1.807) is 4.90 Å². The Morgan fingerprint density at radius 2 is 1.88 bits per heavy atom. The Bertz CT molecular complexity index is 559. The largest absolute Gasteiger partial charge is 0.489 e. The van der Waals surface area contributed by atoms with Gasteiger partial charge in [0.15, 0.2) is 11.5 Å². The van der Waals surface area contributed by atoms with Crippen LogP contribution in [0.1, 0.15) is 27.2 Å². The van der Waals surface area contributed by atoms with E-state index in [4.69, 9.17) is 14.2 Å². The standard InChI is InChI=1S/C17H25BrN2O4/c1-17(2,3)24-16(21)20-6-4-19(5-7-20)13-10-12(18)11-14-15(13)23-9-8-22-14/h11,13H,4-10H2,1-3H3. The minimum Gasteiger partial charge on any atom is -0.489 e. The molecule has 3 aliphatic rings. The van der Waals surface area contributed by atoms with Crippen molar-refractivity contribution in [2.24, 2.45) is 0 Å². The minimum atomic E-state index is -0.458. The molecule has 1 saturated heterocycles. The van der Waals surface area contributed by atoms with Crippen molar-refractivity contribution in [3.8, 4) is 0 Å². The average molecular weight is 401 g/mol. The Balaban J connectivity index is 1.62. The molecule has 0 N–H and O–H groups in total. The first-order valence-electron chi connectivity index (χ1n) is 8.41. The van der Waals surface area contributed by atoms with Gasteiger partial charge in [0.25, 0.3) is 0 Å². The van der Waals surface area contributed by atoms with Gasteiger partial charge in [0.1, 0.15) is 18.8 Å². The van der Waals surface area contributed by atoms with Gasteiger partial charge in [0.05, 0.1) is 6.04 Å². The van der Waals surface area contributed by atoms with E-state index in [2.05, 4.69) is 20.8 Å². The fourth-order valence-corrected chi connectivity index (χ4v) is 3.65. The lowest BCUT2D eigenvalue weighted by atomic mass is 10.0. The first-order chi connectivity index (χ1) is 11.3. The first-order valence-corrected chi connectivity index (χ1v) is 9.20. The molecular weight excluding hydrogens is 376 g/mol. The summed E-state index contributed by atoms with van der Waals surface area (Å²) in [6.07, 6.45) is 2.64. The van der Waals surface area contributed by atoms with E-state index in [9.17, 15) is 4.79 Å². The van der Waals surface area contributed by atoms with E-state index in [-0.39, 0.29) is 12.1 Å². The van der Waals surface area contributed by atoms with Crippen LogP contribution >= 0.6 is 15.9 Å². The topological polar surface area (TPSA) is 51.2 Å². The second kappa shape index (κ2) is 6.96. The van der Waals surface area contributed by atoms with Crippen molar-refractivity contribution in [1.29, 1.82) is 0 Å². The summed E-state index contributed by atoms with van der Waals surface area (Å²) in [4.78, 5) is 16.3. The van der Waals surface area contributed by atoms with Gasteiger partial charge >= 0.3 is 6.09 Å². The normalized spacial score (nSPS) is 25.4. The zero-order valence-electron chi connectivity index (χ0n) is 14.5. The molecule has 0 saturated carbocycles. The Morgan fingerprint density at radius 1 is 1.21 bits per heavy atom. The van der Waals surface area contributed by atoms with Crippen LogP contribution in [0.3, 0.4) is 0 Å². The van der Waals surface area contributed by atoms with E-state index < -0.39 is 5.60 Å². The number of hydrogen-bond donors (Lipinski definition) is 0. The molecular formula is C17H25BrN2O4. The monoisotopic (exact) mass is 400 g/mol. The van der Waals surface area contributed by atoms with Crippen LogP contribution in [-0.2, 0) is 14.2 Å². The van der Waals surface area contributed by atoms with Gasteiger partial charge in [-0.05, 0) is 26.8 Å². The highest BCUT2D eigenvalue weighted by molar-refractivity contribution is 9.11. The number of carbonyl (C=O) groups excluding carboxylic acids is 1. The molecule has 7 heteroatoms. The van der Waals surface area contributed by atoms with Crippen LogP contribution in [0.4, 0.5) is 4.79 Å². The summed E-state index contributed by atoms with van der Waals surface area (Å²) >= 11 is 3.61. The molecule has 1 unspecified atom stereocenters. The number of nitrogens with zero attached hydrogens (tertiary/aromatic N) is 2. The Labute approximate surface area is 151 Å². The number of halogens is 1. The maximum Gasteiger partial charge on any atom is 0.410 e. The van der Waals surface area contributed by atoms with E-state index in [0.717, 1.165) is 35.5 Å². The first kappa shape index (κ1) is 17.6. The summed E-state index contributed by atoms with van der Waals surface area (Å²) in [6, 6.07) is 0.167. The lowest BCUT2D eigenvalue weighted by molar-refractivity contribution is 0.000622. The molecule has 0 aromatic rings. The highest BCUT2D eigenvalue weighted by atomic mass is 79.9. The quantitative estimate of drug-likeness (QED) is 0.677. The number of amides is 1. The predicted octanol–water partition coefficient (Wildman–Crippen LogP) is 2.85. The van der Waals surface area contributed by atoms with E-state index >= 15 is 0 Å². The Hall–Kier alpha value is -1.21. The lowest BCUT2D eigenvalue weighted by Gasteiger charge is -2.41. The third-order valence-corrected chi connectivity index (χ3v) is 4.78. The van der Waals surface area contributed by atoms with Crippen molar-refractivity contribution in [3.05, 3.63) is 22.1 Å². The fraction of sp³-hybridized carbons (Fsp3) is 0.706. The maximum absolute atomic E-state index is 12.2. The van der Waals surface area contributed by atoms with Crippen LogP contribution < -0.4 is 0 Å². The van der Waals surface area contributed by atoms with Crippen molar-refractivity contribution >= 4 is 22.0 Å². The molecule has 2 aliphatic heterocycles. The molecule has 0 bridgehead atoms. The Kier molecular flexibility index (Phi) is 5.11. The highest BCUT2D eigenvalue weighted by Crippen LogP contribution is 2.34. The summed E-state index contributed by atoms with van der Waals surface area (Å²) < 4.78 is 18.2. The van der Waals surface area contributed by atoms with Crippen LogP contribution in [-0.4, -0.2) is 66.9 Å². The molecule has 1 amide bonds. The molecule has 1 fully saturated rings. The molecule has 0 radical (unpaired) electrons. The molecule has 134 valence electrons. The van der Waals surface area contributed by atoms with Crippen molar-refractivity contribution in [2.45, 2.75) is 38.8 Å². The van der Waals surface area contributed by atoms with Gasteiger partial charge in [0.2, 0.25) is 0 Å². The molecule has 24 heavy (non-hydrogen) atoms. The molecule has 0 aromatic heterocycles. The number of rotatable bonds is 1. The van der Waals surface area contributed by atoms with Crippen LogP contribution in [0.25, 0.3) is 0 Å². The summed E-state index contributed by atoms with van der Waals surface area (Å²) in [5.41, 5.74) is -0.458. The number of piperazine rings is 1. The van der Waals surface area contributed by atoms with Gasteiger partial charge in [-0.25, -0.2) is 4.79 Å². The number of carbonyl (C=O) groups is 1. The van der Waals surface area contributed by atoms with Gasteiger partial charge in [-0.3, -0.25) is 4.90 Å². The molecule has 0 aromatic carbocycles. The van der Waals surface area contributed by atoms with E-state index in [0.29, 0.717) is 26.3 Å². The zero-order valence-corrected chi connectivity index (χ0v) is 16.1. The molecule has 1 atom stereocenters. The van der Waals surface area contributed by atoms with Crippen molar-refractivity contribution in [3.63, 3.8) is 0 Å². The van der Waals surface area contributed by atoms with Crippen LogP contribution in [0.5, 0.6) is 0 Å². The third kappa shape index (κ3) is 4.06. The molecule has 3 rings (SSSR count). The lowest BCUT2D eigenvalue weighted by Crippen LogP contribution is -2.54. The SMILES string of the molecule is CC(C)(C)OC(=O)N1CCN(C2CC(Br)=CC3=C2OCCO3)CC1. The van der Waals surface area contributed by atoms with Crippen molar-refractivity contribution in [1.82, 2.24) is 9.80 Å². The second-order valence-corrected chi connectivity index (χ2v) is 8.26. The van der Waals surface area contributed by atoms with Crippen LogP contribution in [0.2, 0.25) is 0 Å².